The Bertz CT molecular complexity index is 1550. The highest BCUT2D eigenvalue weighted by Crippen LogP contribution is 2.52. The van der Waals surface area contributed by atoms with E-state index >= 15 is 0 Å². The van der Waals surface area contributed by atoms with Crippen LogP contribution in [0, 0.1) is 0 Å². The minimum Gasteiger partial charge on any atom is -0.378 e. The molecule has 1 aliphatic rings. The third kappa shape index (κ3) is 3.57. The van der Waals surface area contributed by atoms with Crippen molar-refractivity contribution >= 4 is 55.3 Å². The summed E-state index contributed by atoms with van der Waals surface area (Å²) < 4.78 is 30.7. The SMILES string of the molecule is CC=CC(C)=CS(=O)(=O)Oc1cccc2c1Sc1c(c3nccnc3c3nccnc13)N2. The number of anilines is 2. The molecule has 0 aliphatic carbocycles. The smallest absolute Gasteiger partial charge is 0.332 e. The summed E-state index contributed by atoms with van der Waals surface area (Å²) in [5.74, 6) is 0.228. The Morgan fingerprint density at radius 1 is 0.969 bits per heavy atom. The van der Waals surface area contributed by atoms with Crippen molar-refractivity contribution in [2.45, 2.75) is 23.6 Å². The highest BCUT2D eigenvalue weighted by Gasteiger charge is 2.27. The molecule has 0 fully saturated rings. The molecule has 0 radical (unpaired) electrons. The van der Waals surface area contributed by atoms with Crippen molar-refractivity contribution in [1.82, 2.24) is 19.9 Å². The summed E-state index contributed by atoms with van der Waals surface area (Å²) in [6, 6.07) is 5.22. The van der Waals surface area contributed by atoms with Gasteiger partial charge in [-0.1, -0.05) is 30.0 Å². The molecule has 0 saturated carbocycles. The standard InChI is InChI=1S/C22H17N5O3S2/c1-3-5-13(2)12-32(28,29)30-15-7-4-6-14-21(15)31-22-19-17(24-10-11-26-19)16-18(20(22)27-14)25-9-8-23-16/h3-12,27H,1-2H3. The zero-order valence-corrected chi connectivity index (χ0v) is 18.7. The lowest BCUT2D eigenvalue weighted by Gasteiger charge is -2.24. The summed E-state index contributed by atoms with van der Waals surface area (Å²) in [7, 11) is -3.95. The van der Waals surface area contributed by atoms with Crippen molar-refractivity contribution in [1.29, 1.82) is 0 Å². The summed E-state index contributed by atoms with van der Waals surface area (Å²) in [6.07, 6.45) is 9.93. The molecule has 2 aromatic carbocycles. The lowest BCUT2D eigenvalue weighted by molar-refractivity contribution is 0.491. The van der Waals surface area contributed by atoms with Crippen LogP contribution >= 0.6 is 11.8 Å². The Kier molecular flexibility index (Phi) is 5.03. The van der Waals surface area contributed by atoms with Crippen molar-refractivity contribution in [3.05, 3.63) is 66.1 Å². The molecule has 1 aliphatic heterocycles. The van der Waals surface area contributed by atoms with E-state index in [0.29, 0.717) is 38.2 Å². The maximum absolute atomic E-state index is 12.6. The average Bonchev–Trinajstić information content (AvgIpc) is 2.78. The molecule has 0 bridgehead atoms. The van der Waals surface area contributed by atoms with Crippen LogP contribution in [0.5, 0.6) is 5.75 Å². The molecule has 32 heavy (non-hydrogen) atoms. The molecule has 0 unspecified atom stereocenters. The predicted octanol–water partition coefficient (Wildman–Crippen LogP) is 4.97. The molecule has 10 heteroatoms. The summed E-state index contributed by atoms with van der Waals surface area (Å²) in [5.41, 5.74) is 4.62. The fraction of sp³-hybridized carbons (Fsp3) is 0.0909. The highest BCUT2D eigenvalue weighted by atomic mass is 32.2. The Hall–Kier alpha value is -3.50. The Morgan fingerprint density at radius 2 is 1.62 bits per heavy atom. The first-order valence-corrected chi connectivity index (χ1v) is 12.0. The Labute approximate surface area is 188 Å². The van der Waals surface area contributed by atoms with Crippen LogP contribution in [0.15, 0.2) is 75.9 Å². The van der Waals surface area contributed by atoms with Gasteiger partial charge in [0.15, 0.2) is 5.75 Å². The molecule has 0 saturated heterocycles. The van der Waals surface area contributed by atoms with Gasteiger partial charge in [0.05, 0.1) is 26.6 Å². The third-order valence-electron chi connectivity index (χ3n) is 4.71. The van der Waals surface area contributed by atoms with Gasteiger partial charge in [-0.2, -0.15) is 8.42 Å². The molecule has 0 amide bonds. The van der Waals surface area contributed by atoms with Crippen LogP contribution in [0.2, 0.25) is 0 Å². The van der Waals surface area contributed by atoms with E-state index in [-0.39, 0.29) is 5.75 Å². The van der Waals surface area contributed by atoms with Crippen molar-refractivity contribution in [2.24, 2.45) is 0 Å². The van der Waals surface area contributed by atoms with Gasteiger partial charge in [-0.3, -0.25) is 19.9 Å². The number of nitrogens with one attached hydrogen (secondary N) is 1. The Balaban J connectivity index is 1.65. The van der Waals surface area contributed by atoms with Crippen LogP contribution in [0.1, 0.15) is 13.8 Å². The number of aromatic nitrogens is 4. The maximum Gasteiger partial charge on any atom is 0.332 e. The molecule has 3 heterocycles. The number of rotatable bonds is 4. The number of nitrogens with zero attached hydrogens (tertiary/aromatic N) is 4. The van der Waals surface area contributed by atoms with Crippen molar-refractivity contribution < 1.29 is 12.6 Å². The second-order valence-electron chi connectivity index (χ2n) is 7.01. The first-order valence-electron chi connectivity index (χ1n) is 9.67. The topological polar surface area (TPSA) is 107 Å². The molecular weight excluding hydrogens is 446 g/mol. The fourth-order valence-electron chi connectivity index (χ4n) is 3.51. The zero-order chi connectivity index (χ0) is 22.3. The normalized spacial score (nSPS) is 13.8. The largest absolute Gasteiger partial charge is 0.378 e. The molecule has 1 N–H and O–H groups in total. The lowest BCUT2D eigenvalue weighted by Crippen LogP contribution is -2.09. The van der Waals surface area contributed by atoms with Crippen LogP contribution in [-0.2, 0) is 10.1 Å². The minimum atomic E-state index is -3.95. The van der Waals surface area contributed by atoms with Crippen LogP contribution in [-0.4, -0.2) is 28.4 Å². The van der Waals surface area contributed by atoms with E-state index in [0.717, 1.165) is 16.0 Å². The van der Waals surface area contributed by atoms with Gasteiger partial charge in [-0.25, -0.2) is 0 Å². The molecule has 160 valence electrons. The van der Waals surface area contributed by atoms with E-state index in [1.54, 1.807) is 56.0 Å². The monoisotopic (exact) mass is 463 g/mol. The summed E-state index contributed by atoms with van der Waals surface area (Å²) >= 11 is 1.37. The Morgan fingerprint density at radius 3 is 2.34 bits per heavy atom. The predicted molar refractivity (Wildman–Crippen MR) is 125 cm³/mol. The maximum atomic E-state index is 12.6. The van der Waals surface area contributed by atoms with Gasteiger partial charge in [0.2, 0.25) is 0 Å². The van der Waals surface area contributed by atoms with Gasteiger partial charge in [0, 0.05) is 24.8 Å². The summed E-state index contributed by atoms with van der Waals surface area (Å²) in [6.45, 7) is 3.52. The zero-order valence-electron chi connectivity index (χ0n) is 17.1. The number of hydrogen-bond acceptors (Lipinski definition) is 9. The van der Waals surface area contributed by atoms with Gasteiger partial charge in [0.25, 0.3) is 0 Å². The number of fused-ring (bicyclic) bond motifs is 7. The molecule has 0 spiro atoms. The number of hydrogen-bond donors (Lipinski definition) is 1. The van der Waals surface area contributed by atoms with Crippen LogP contribution in [0.3, 0.4) is 0 Å². The number of benzene rings is 2. The second-order valence-corrected chi connectivity index (χ2v) is 9.42. The van der Waals surface area contributed by atoms with E-state index in [1.807, 2.05) is 13.0 Å². The summed E-state index contributed by atoms with van der Waals surface area (Å²) in [5, 5.41) is 4.47. The quantitative estimate of drug-likeness (QED) is 0.224. The van der Waals surface area contributed by atoms with E-state index in [1.165, 1.54) is 11.8 Å². The molecule has 4 aromatic rings. The molecule has 5 rings (SSSR count). The van der Waals surface area contributed by atoms with Crippen LogP contribution in [0.25, 0.3) is 22.1 Å². The van der Waals surface area contributed by atoms with Gasteiger partial charge in [-0.15, -0.1) is 0 Å². The van der Waals surface area contributed by atoms with Crippen molar-refractivity contribution in [3.8, 4) is 5.75 Å². The molecule has 2 aromatic heterocycles. The minimum absolute atomic E-state index is 0.228. The van der Waals surface area contributed by atoms with Gasteiger partial charge < -0.3 is 9.50 Å². The van der Waals surface area contributed by atoms with Gasteiger partial charge in [-0.05, 0) is 31.6 Å². The number of allylic oxidation sites excluding steroid dienone is 3. The van der Waals surface area contributed by atoms with E-state index in [2.05, 4.69) is 25.3 Å². The third-order valence-corrected chi connectivity index (χ3v) is 7.01. The van der Waals surface area contributed by atoms with E-state index in [4.69, 9.17) is 4.18 Å². The van der Waals surface area contributed by atoms with Crippen molar-refractivity contribution in [3.63, 3.8) is 0 Å². The van der Waals surface area contributed by atoms with E-state index in [9.17, 15) is 8.42 Å². The van der Waals surface area contributed by atoms with Crippen molar-refractivity contribution in [2.75, 3.05) is 5.32 Å². The van der Waals surface area contributed by atoms with Crippen LogP contribution < -0.4 is 9.50 Å². The molecule has 0 atom stereocenters. The first kappa shape index (κ1) is 20.4. The van der Waals surface area contributed by atoms with E-state index < -0.39 is 10.1 Å². The first-order chi connectivity index (χ1) is 15.5. The highest BCUT2D eigenvalue weighted by molar-refractivity contribution is 8.00. The fourth-order valence-corrected chi connectivity index (χ4v) is 5.68. The second kappa shape index (κ2) is 7.88. The average molecular weight is 464 g/mol. The molecular formula is C22H17N5O3S2. The van der Waals surface area contributed by atoms with Gasteiger partial charge in [0.1, 0.15) is 22.1 Å². The van der Waals surface area contributed by atoms with Crippen LogP contribution in [0.4, 0.5) is 11.4 Å². The molecule has 8 nitrogen and oxygen atoms in total. The summed E-state index contributed by atoms with van der Waals surface area (Å²) in [4.78, 5) is 19.3. The van der Waals surface area contributed by atoms with Gasteiger partial charge >= 0.3 is 10.1 Å². The lowest BCUT2D eigenvalue weighted by atomic mass is 10.2.